The summed E-state index contributed by atoms with van der Waals surface area (Å²) in [5.74, 6) is 0.907. The molecule has 4 aromatic rings. The number of para-hydroxylation sites is 2. The molecule has 0 aliphatic heterocycles. The first kappa shape index (κ1) is 9.54. The van der Waals surface area contributed by atoms with E-state index < -0.39 is 0 Å². The van der Waals surface area contributed by atoms with Crippen molar-refractivity contribution in [2.45, 2.75) is 0 Å². The van der Waals surface area contributed by atoms with E-state index in [1.807, 2.05) is 24.4 Å². The zero-order chi connectivity index (χ0) is 11.9. The molecule has 2 aromatic heterocycles. The summed E-state index contributed by atoms with van der Waals surface area (Å²) in [5.41, 5.74) is 3.15. The fourth-order valence-electron chi connectivity index (χ4n) is 2.40. The summed E-state index contributed by atoms with van der Waals surface area (Å²) in [6.45, 7) is 0. The summed E-state index contributed by atoms with van der Waals surface area (Å²) in [5, 5.41) is 2.34. The van der Waals surface area contributed by atoms with Crippen LogP contribution < -0.4 is 0 Å². The van der Waals surface area contributed by atoms with Gasteiger partial charge in [-0.05, 0) is 24.3 Å². The number of fused-ring (bicyclic) bond motifs is 2. The predicted molar refractivity (Wildman–Crippen MR) is 73.5 cm³/mol. The number of aromatic nitrogens is 1. The number of nitrogens with one attached hydrogen (secondary N) is 1. The van der Waals surface area contributed by atoms with Gasteiger partial charge in [0.05, 0.1) is 5.52 Å². The summed E-state index contributed by atoms with van der Waals surface area (Å²) < 4.78 is 5.91. The maximum atomic E-state index is 5.91. The van der Waals surface area contributed by atoms with Crippen molar-refractivity contribution in [1.82, 2.24) is 4.98 Å². The van der Waals surface area contributed by atoms with Crippen LogP contribution in [0.1, 0.15) is 0 Å². The number of furan rings is 1. The van der Waals surface area contributed by atoms with Gasteiger partial charge in [-0.2, -0.15) is 0 Å². The minimum Gasteiger partial charge on any atom is -0.456 e. The Morgan fingerprint density at radius 1 is 0.833 bits per heavy atom. The van der Waals surface area contributed by atoms with E-state index in [0.717, 1.165) is 27.8 Å². The number of H-pyrrole nitrogens is 1. The molecule has 86 valence electrons. The molecular formula is C16H11NO. The maximum absolute atomic E-state index is 5.91. The minimum atomic E-state index is 0.907. The molecule has 0 spiro atoms. The van der Waals surface area contributed by atoms with Crippen molar-refractivity contribution in [2.24, 2.45) is 0 Å². The molecule has 0 fully saturated rings. The van der Waals surface area contributed by atoms with E-state index in [1.54, 1.807) is 0 Å². The van der Waals surface area contributed by atoms with E-state index in [9.17, 15) is 0 Å². The molecule has 0 saturated carbocycles. The Morgan fingerprint density at radius 2 is 1.72 bits per heavy atom. The molecule has 2 nitrogen and oxygen atoms in total. The molecule has 18 heavy (non-hydrogen) atoms. The van der Waals surface area contributed by atoms with Crippen molar-refractivity contribution in [3.05, 3.63) is 60.8 Å². The minimum absolute atomic E-state index is 0.907. The molecule has 0 radical (unpaired) electrons. The molecule has 4 rings (SSSR count). The SMILES string of the molecule is c1ccc2oc(-c3cccc4cc[nH]c34)cc2c1. The molecule has 2 aromatic carbocycles. The lowest BCUT2D eigenvalue weighted by molar-refractivity contribution is 0.632. The molecule has 0 aliphatic carbocycles. The van der Waals surface area contributed by atoms with Crippen LogP contribution in [0.15, 0.2) is 65.2 Å². The van der Waals surface area contributed by atoms with E-state index in [-0.39, 0.29) is 0 Å². The average molecular weight is 233 g/mol. The zero-order valence-electron chi connectivity index (χ0n) is 9.68. The Hall–Kier alpha value is -2.48. The van der Waals surface area contributed by atoms with E-state index in [1.165, 1.54) is 5.39 Å². The number of benzene rings is 2. The Labute approximate surface area is 104 Å². The van der Waals surface area contributed by atoms with Crippen LogP contribution in [0.4, 0.5) is 0 Å². The molecule has 0 unspecified atom stereocenters. The van der Waals surface area contributed by atoms with Crippen LogP contribution >= 0.6 is 0 Å². The number of aromatic amines is 1. The molecule has 0 aliphatic rings. The smallest absolute Gasteiger partial charge is 0.137 e. The topological polar surface area (TPSA) is 28.9 Å². The average Bonchev–Trinajstić information content (AvgIpc) is 3.04. The molecule has 2 heteroatoms. The van der Waals surface area contributed by atoms with Crippen LogP contribution in [-0.2, 0) is 0 Å². The largest absolute Gasteiger partial charge is 0.456 e. The third kappa shape index (κ3) is 1.29. The van der Waals surface area contributed by atoms with Crippen molar-refractivity contribution >= 4 is 21.9 Å². The van der Waals surface area contributed by atoms with Crippen molar-refractivity contribution in [1.29, 1.82) is 0 Å². The Kier molecular flexibility index (Phi) is 1.86. The van der Waals surface area contributed by atoms with Crippen LogP contribution in [0.25, 0.3) is 33.2 Å². The standard InChI is InChI=1S/C16H11NO/c1-2-7-14-12(4-1)10-15(18-14)13-6-3-5-11-8-9-17-16(11)13/h1-10,17H. The Balaban J connectivity index is 2.04. The van der Waals surface area contributed by atoms with Gasteiger partial charge in [0.2, 0.25) is 0 Å². The molecule has 0 bridgehead atoms. The highest BCUT2D eigenvalue weighted by atomic mass is 16.3. The van der Waals surface area contributed by atoms with Crippen molar-refractivity contribution in [3.63, 3.8) is 0 Å². The van der Waals surface area contributed by atoms with E-state index in [2.05, 4.69) is 41.4 Å². The van der Waals surface area contributed by atoms with E-state index >= 15 is 0 Å². The molecule has 2 heterocycles. The number of rotatable bonds is 1. The van der Waals surface area contributed by atoms with Gasteiger partial charge in [-0.1, -0.05) is 30.3 Å². The van der Waals surface area contributed by atoms with Gasteiger partial charge in [-0.3, -0.25) is 0 Å². The van der Waals surface area contributed by atoms with Crippen molar-refractivity contribution < 1.29 is 4.42 Å². The lowest BCUT2D eigenvalue weighted by Crippen LogP contribution is -1.76. The number of hydrogen-bond acceptors (Lipinski definition) is 1. The summed E-state index contributed by atoms with van der Waals surface area (Å²) in [6.07, 6.45) is 1.96. The second-order valence-corrected chi connectivity index (χ2v) is 4.40. The summed E-state index contributed by atoms with van der Waals surface area (Å²) >= 11 is 0. The third-order valence-corrected chi connectivity index (χ3v) is 3.28. The maximum Gasteiger partial charge on any atom is 0.137 e. The lowest BCUT2D eigenvalue weighted by Gasteiger charge is -1.98. The highest BCUT2D eigenvalue weighted by molar-refractivity contribution is 5.95. The molecular weight excluding hydrogens is 222 g/mol. The summed E-state index contributed by atoms with van der Waals surface area (Å²) in [7, 11) is 0. The summed E-state index contributed by atoms with van der Waals surface area (Å²) in [6, 6.07) is 18.5. The second-order valence-electron chi connectivity index (χ2n) is 4.40. The fourth-order valence-corrected chi connectivity index (χ4v) is 2.40. The van der Waals surface area contributed by atoms with Gasteiger partial charge in [0.1, 0.15) is 11.3 Å². The monoisotopic (exact) mass is 233 g/mol. The van der Waals surface area contributed by atoms with Gasteiger partial charge in [-0.25, -0.2) is 0 Å². The fraction of sp³-hybridized carbons (Fsp3) is 0. The quantitative estimate of drug-likeness (QED) is 0.512. The van der Waals surface area contributed by atoms with Crippen LogP contribution in [0.5, 0.6) is 0 Å². The Morgan fingerprint density at radius 3 is 2.67 bits per heavy atom. The van der Waals surface area contributed by atoms with Gasteiger partial charge in [0.25, 0.3) is 0 Å². The van der Waals surface area contributed by atoms with Crippen LogP contribution in [0.3, 0.4) is 0 Å². The molecule has 1 N–H and O–H groups in total. The van der Waals surface area contributed by atoms with Gasteiger partial charge >= 0.3 is 0 Å². The summed E-state index contributed by atoms with van der Waals surface area (Å²) in [4.78, 5) is 3.27. The van der Waals surface area contributed by atoms with Crippen molar-refractivity contribution in [2.75, 3.05) is 0 Å². The molecule has 0 saturated heterocycles. The first-order chi connectivity index (χ1) is 8.92. The first-order valence-electron chi connectivity index (χ1n) is 5.97. The van der Waals surface area contributed by atoms with Gasteiger partial charge in [-0.15, -0.1) is 0 Å². The second kappa shape index (κ2) is 3.50. The Bertz CT molecular complexity index is 805. The van der Waals surface area contributed by atoms with Crippen LogP contribution in [0, 0.1) is 0 Å². The highest BCUT2D eigenvalue weighted by Crippen LogP contribution is 2.31. The van der Waals surface area contributed by atoms with Gasteiger partial charge in [0, 0.05) is 22.5 Å². The first-order valence-corrected chi connectivity index (χ1v) is 5.97. The van der Waals surface area contributed by atoms with Crippen LogP contribution in [0.2, 0.25) is 0 Å². The van der Waals surface area contributed by atoms with E-state index in [0.29, 0.717) is 0 Å². The normalized spacial score (nSPS) is 11.3. The molecule has 0 amide bonds. The zero-order valence-corrected chi connectivity index (χ0v) is 9.68. The molecule has 0 atom stereocenters. The number of hydrogen-bond donors (Lipinski definition) is 1. The third-order valence-electron chi connectivity index (χ3n) is 3.28. The lowest BCUT2D eigenvalue weighted by atomic mass is 10.1. The van der Waals surface area contributed by atoms with Gasteiger partial charge < -0.3 is 9.40 Å². The van der Waals surface area contributed by atoms with Crippen molar-refractivity contribution in [3.8, 4) is 11.3 Å². The predicted octanol–water partition coefficient (Wildman–Crippen LogP) is 4.58. The van der Waals surface area contributed by atoms with E-state index in [4.69, 9.17) is 4.42 Å². The van der Waals surface area contributed by atoms with Gasteiger partial charge in [0.15, 0.2) is 0 Å². The van der Waals surface area contributed by atoms with Crippen LogP contribution in [-0.4, -0.2) is 4.98 Å². The highest BCUT2D eigenvalue weighted by Gasteiger charge is 2.09.